The number of hydrogen-bond acceptors (Lipinski definition) is 1. The van der Waals surface area contributed by atoms with Gasteiger partial charge in [0.2, 0.25) is 0 Å². The van der Waals surface area contributed by atoms with Crippen LogP contribution in [0.3, 0.4) is 0 Å². The van der Waals surface area contributed by atoms with E-state index in [1.165, 1.54) is 16.7 Å². The molecule has 1 heterocycles. The summed E-state index contributed by atoms with van der Waals surface area (Å²) in [6, 6.07) is 3.57. The van der Waals surface area contributed by atoms with Gasteiger partial charge < -0.3 is 4.57 Å². The summed E-state index contributed by atoms with van der Waals surface area (Å²) in [5.74, 6) is 0. The maximum absolute atomic E-state index is 11.3. The van der Waals surface area contributed by atoms with E-state index in [2.05, 4.69) is 13.8 Å². The molecule has 0 spiro atoms. The minimum atomic E-state index is 0.0845. The SMILES string of the molecule is CC1=C(C)c2ccc(=O)n(C)c2C1. The average molecular weight is 175 g/mol. The number of nitrogens with zero attached hydrogens (tertiary/aromatic N) is 1. The van der Waals surface area contributed by atoms with Crippen LogP contribution in [0, 0.1) is 0 Å². The first-order valence-electron chi connectivity index (χ1n) is 4.47. The Morgan fingerprint density at radius 2 is 2.00 bits per heavy atom. The molecule has 2 rings (SSSR count). The molecule has 0 atom stereocenters. The molecule has 0 saturated carbocycles. The van der Waals surface area contributed by atoms with Crippen LogP contribution in [0.5, 0.6) is 0 Å². The van der Waals surface area contributed by atoms with Crippen LogP contribution in [0.4, 0.5) is 0 Å². The minimum absolute atomic E-state index is 0.0845. The Bertz CT molecular complexity index is 452. The smallest absolute Gasteiger partial charge is 0.250 e. The normalized spacial score (nSPS) is 15.0. The molecule has 0 saturated heterocycles. The van der Waals surface area contributed by atoms with E-state index >= 15 is 0 Å². The fraction of sp³-hybridized carbons (Fsp3) is 0.364. The first-order valence-corrected chi connectivity index (χ1v) is 4.47. The minimum Gasteiger partial charge on any atom is -0.315 e. The standard InChI is InChI=1S/C11H13NO/c1-7-6-10-9(8(7)2)4-5-11(13)12(10)3/h4-5H,6H2,1-3H3. The number of fused-ring (bicyclic) bond motifs is 1. The molecule has 0 unspecified atom stereocenters. The Morgan fingerprint density at radius 1 is 1.31 bits per heavy atom. The van der Waals surface area contributed by atoms with Crippen molar-refractivity contribution in [2.24, 2.45) is 7.05 Å². The summed E-state index contributed by atoms with van der Waals surface area (Å²) in [4.78, 5) is 11.3. The van der Waals surface area contributed by atoms with E-state index in [1.54, 1.807) is 10.6 Å². The summed E-state index contributed by atoms with van der Waals surface area (Å²) < 4.78 is 1.75. The highest BCUT2D eigenvalue weighted by atomic mass is 16.1. The molecule has 1 aromatic heterocycles. The molecule has 1 aliphatic rings. The van der Waals surface area contributed by atoms with Gasteiger partial charge in [-0.25, -0.2) is 0 Å². The Morgan fingerprint density at radius 3 is 2.69 bits per heavy atom. The van der Waals surface area contributed by atoms with Crippen molar-refractivity contribution in [2.45, 2.75) is 20.3 Å². The molecule has 68 valence electrons. The van der Waals surface area contributed by atoms with Gasteiger partial charge in [0.05, 0.1) is 0 Å². The van der Waals surface area contributed by atoms with Gasteiger partial charge in [0.25, 0.3) is 5.56 Å². The molecule has 0 aliphatic heterocycles. The molecule has 0 bridgehead atoms. The predicted octanol–water partition coefficient (Wildman–Crippen LogP) is 1.73. The molecule has 0 radical (unpaired) electrons. The number of rotatable bonds is 0. The largest absolute Gasteiger partial charge is 0.315 e. The van der Waals surface area contributed by atoms with E-state index in [0.29, 0.717) is 0 Å². The molecule has 2 heteroatoms. The lowest BCUT2D eigenvalue weighted by atomic mass is 10.1. The number of hydrogen-bond donors (Lipinski definition) is 0. The van der Waals surface area contributed by atoms with Gasteiger partial charge in [-0.05, 0) is 31.1 Å². The average Bonchev–Trinajstić information content (AvgIpc) is 2.38. The molecular weight excluding hydrogens is 162 g/mol. The topological polar surface area (TPSA) is 22.0 Å². The lowest BCUT2D eigenvalue weighted by Crippen LogP contribution is -2.19. The summed E-state index contributed by atoms with van der Waals surface area (Å²) in [6.07, 6.45) is 0.924. The van der Waals surface area contributed by atoms with Gasteiger partial charge in [0, 0.05) is 25.2 Å². The Labute approximate surface area is 77.5 Å². The lowest BCUT2D eigenvalue weighted by molar-refractivity contribution is 0.795. The van der Waals surface area contributed by atoms with Gasteiger partial charge in [-0.2, -0.15) is 0 Å². The van der Waals surface area contributed by atoms with Crippen molar-refractivity contribution in [3.63, 3.8) is 0 Å². The first kappa shape index (κ1) is 8.30. The third kappa shape index (κ3) is 1.05. The highest BCUT2D eigenvalue weighted by Crippen LogP contribution is 2.30. The second-order valence-electron chi connectivity index (χ2n) is 3.67. The number of pyridine rings is 1. The van der Waals surface area contributed by atoms with E-state index < -0.39 is 0 Å². The lowest BCUT2D eigenvalue weighted by Gasteiger charge is -2.05. The van der Waals surface area contributed by atoms with Crippen molar-refractivity contribution < 1.29 is 0 Å². The van der Waals surface area contributed by atoms with Crippen LogP contribution < -0.4 is 5.56 Å². The van der Waals surface area contributed by atoms with Crippen LogP contribution in [-0.2, 0) is 13.5 Å². The van der Waals surface area contributed by atoms with Crippen LogP contribution in [0.15, 0.2) is 22.5 Å². The van der Waals surface area contributed by atoms with Crippen molar-refractivity contribution >= 4 is 5.57 Å². The summed E-state index contributed by atoms with van der Waals surface area (Å²) >= 11 is 0. The Hall–Kier alpha value is -1.31. The Kier molecular flexibility index (Phi) is 1.65. The van der Waals surface area contributed by atoms with Crippen LogP contribution in [0.2, 0.25) is 0 Å². The monoisotopic (exact) mass is 175 g/mol. The zero-order chi connectivity index (χ0) is 9.59. The van der Waals surface area contributed by atoms with Crippen LogP contribution in [0.25, 0.3) is 5.57 Å². The fourth-order valence-corrected chi connectivity index (χ4v) is 1.85. The van der Waals surface area contributed by atoms with E-state index in [9.17, 15) is 4.79 Å². The van der Waals surface area contributed by atoms with Gasteiger partial charge in [-0.1, -0.05) is 5.57 Å². The van der Waals surface area contributed by atoms with Crippen LogP contribution in [-0.4, -0.2) is 4.57 Å². The van der Waals surface area contributed by atoms with Gasteiger partial charge >= 0.3 is 0 Å². The highest BCUT2D eigenvalue weighted by Gasteiger charge is 2.17. The maximum atomic E-state index is 11.3. The van der Waals surface area contributed by atoms with E-state index in [0.717, 1.165) is 12.1 Å². The zero-order valence-corrected chi connectivity index (χ0v) is 8.22. The van der Waals surface area contributed by atoms with Crippen molar-refractivity contribution in [1.29, 1.82) is 0 Å². The van der Waals surface area contributed by atoms with Crippen molar-refractivity contribution in [3.8, 4) is 0 Å². The molecule has 2 nitrogen and oxygen atoms in total. The number of allylic oxidation sites excluding steroid dienone is 2. The third-order valence-corrected chi connectivity index (χ3v) is 2.92. The summed E-state index contributed by atoms with van der Waals surface area (Å²) in [7, 11) is 1.84. The second-order valence-corrected chi connectivity index (χ2v) is 3.67. The Balaban J connectivity index is 2.73. The van der Waals surface area contributed by atoms with Crippen LogP contribution >= 0.6 is 0 Å². The molecule has 0 aromatic carbocycles. The molecule has 1 aromatic rings. The first-order chi connectivity index (χ1) is 6.11. The second kappa shape index (κ2) is 2.59. The molecule has 0 N–H and O–H groups in total. The highest BCUT2D eigenvalue weighted by molar-refractivity contribution is 5.73. The molecular formula is C11H13NO. The molecule has 0 fully saturated rings. The van der Waals surface area contributed by atoms with Crippen molar-refractivity contribution in [2.75, 3.05) is 0 Å². The van der Waals surface area contributed by atoms with E-state index in [-0.39, 0.29) is 5.56 Å². The molecule has 13 heavy (non-hydrogen) atoms. The van der Waals surface area contributed by atoms with Gasteiger partial charge in [0.15, 0.2) is 0 Å². The van der Waals surface area contributed by atoms with E-state index in [4.69, 9.17) is 0 Å². The van der Waals surface area contributed by atoms with Gasteiger partial charge in [0.1, 0.15) is 0 Å². The van der Waals surface area contributed by atoms with Gasteiger partial charge in [-0.3, -0.25) is 4.79 Å². The molecule has 1 aliphatic carbocycles. The summed E-state index contributed by atoms with van der Waals surface area (Å²) in [5, 5.41) is 0. The fourth-order valence-electron chi connectivity index (χ4n) is 1.85. The summed E-state index contributed by atoms with van der Waals surface area (Å²) in [5.41, 5.74) is 5.17. The third-order valence-electron chi connectivity index (χ3n) is 2.92. The number of aromatic nitrogens is 1. The quantitative estimate of drug-likeness (QED) is 0.588. The van der Waals surface area contributed by atoms with Crippen molar-refractivity contribution in [1.82, 2.24) is 4.57 Å². The maximum Gasteiger partial charge on any atom is 0.250 e. The molecule has 0 amide bonds. The van der Waals surface area contributed by atoms with Crippen LogP contribution in [0.1, 0.15) is 25.1 Å². The van der Waals surface area contributed by atoms with E-state index in [1.807, 2.05) is 13.1 Å². The van der Waals surface area contributed by atoms with Crippen molar-refractivity contribution in [3.05, 3.63) is 39.3 Å². The predicted molar refractivity (Wildman–Crippen MR) is 53.7 cm³/mol. The zero-order valence-electron chi connectivity index (χ0n) is 8.22. The van der Waals surface area contributed by atoms with Gasteiger partial charge in [-0.15, -0.1) is 0 Å². The summed E-state index contributed by atoms with van der Waals surface area (Å²) in [6.45, 7) is 4.24.